The third-order valence-corrected chi connectivity index (χ3v) is 5.21. The first-order chi connectivity index (χ1) is 14.5. The molecule has 8 heteroatoms. The topological polar surface area (TPSA) is 98.1 Å². The number of nitrogens with zero attached hydrogens (tertiary/aromatic N) is 3. The average molecular weight is 407 g/mol. The molecule has 3 heterocycles. The lowest BCUT2D eigenvalue weighted by molar-refractivity contribution is -0.118. The van der Waals surface area contributed by atoms with E-state index in [0.29, 0.717) is 36.5 Å². The van der Waals surface area contributed by atoms with Crippen LogP contribution in [0, 0.1) is 0 Å². The first kappa shape index (κ1) is 20.0. The maximum atomic E-state index is 12.7. The summed E-state index contributed by atoms with van der Waals surface area (Å²) in [6.07, 6.45) is 3.16. The van der Waals surface area contributed by atoms with Crippen LogP contribution in [0.2, 0.25) is 0 Å². The van der Waals surface area contributed by atoms with Crippen molar-refractivity contribution in [3.05, 3.63) is 52.6 Å². The summed E-state index contributed by atoms with van der Waals surface area (Å²) in [5.74, 6) is 0.514. The minimum Gasteiger partial charge on any atom is -0.379 e. The van der Waals surface area contributed by atoms with Gasteiger partial charge in [-0.25, -0.2) is 9.97 Å². The molecule has 2 aromatic heterocycles. The van der Waals surface area contributed by atoms with Gasteiger partial charge in [0.2, 0.25) is 5.91 Å². The van der Waals surface area contributed by atoms with Crippen molar-refractivity contribution in [1.29, 1.82) is 0 Å². The highest BCUT2D eigenvalue weighted by Gasteiger charge is 2.20. The van der Waals surface area contributed by atoms with Crippen LogP contribution < -0.4 is 16.2 Å². The second-order valence-corrected chi connectivity index (χ2v) is 7.55. The van der Waals surface area contributed by atoms with Crippen molar-refractivity contribution >= 4 is 22.6 Å². The van der Waals surface area contributed by atoms with E-state index in [2.05, 4.69) is 15.6 Å². The van der Waals surface area contributed by atoms with Gasteiger partial charge in [-0.2, -0.15) is 0 Å². The van der Waals surface area contributed by atoms with E-state index >= 15 is 0 Å². The Balaban J connectivity index is 1.68. The number of fused-ring (bicyclic) bond motifs is 1. The van der Waals surface area contributed by atoms with E-state index < -0.39 is 0 Å². The van der Waals surface area contributed by atoms with Crippen molar-refractivity contribution in [1.82, 2.24) is 19.9 Å². The van der Waals surface area contributed by atoms with Crippen LogP contribution >= 0.6 is 0 Å². The molecule has 1 fully saturated rings. The Bertz CT molecular complexity index is 1120. The van der Waals surface area contributed by atoms with E-state index in [-0.39, 0.29) is 17.5 Å². The van der Waals surface area contributed by atoms with Gasteiger partial charge in [-0.15, -0.1) is 0 Å². The van der Waals surface area contributed by atoms with E-state index in [1.54, 1.807) is 7.05 Å². The summed E-state index contributed by atoms with van der Waals surface area (Å²) < 4.78 is 6.92. The van der Waals surface area contributed by atoms with Crippen molar-refractivity contribution in [2.75, 3.05) is 25.1 Å². The van der Waals surface area contributed by atoms with Crippen LogP contribution in [0.5, 0.6) is 0 Å². The second-order valence-electron chi connectivity index (χ2n) is 7.55. The summed E-state index contributed by atoms with van der Waals surface area (Å²) >= 11 is 0. The van der Waals surface area contributed by atoms with Crippen LogP contribution in [0.15, 0.2) is 41.5 Å². The third-order valence-electron chi connectivity index (χ3n) is 5.21. The normalized spacial score (nSPS) is 16.0. The molecule has 3 aromatic rings. The molecule has 156 valence electrons. The van der Waals surface area contributed by atoms with E-state index in [1.807, 2.05) is 30.3 Å². The molecule has 0 radical (unpaired) electrons. The second kappa shape index (κ2) is 8.62. The Kier molecular flexibility index (Phi) is 5.76. The number of aryl methyl sites for hydroxylation is 1. The predicted octanol–water partition coefficient (Wildman–Crippen LogP) is 1.87. The van der Waals surface area contributed by atoms with Gasteiger partial charge in [0.05, 0.1) is 30.2 Å². The highest BCUT2D eigenvalue weighted by molar-refractivity contribution is 5.91. The van der Waals surface area contributed by atoms with Crippen LogP contribution in [-0.2, 0) is 23.0 Å². The molecular formula is C22H25N5O3. The molecule has 0 saturated carbocycles. The monoisotopic (exact) mass is 407 g/mol. The number of hydrogen-bond acceptors (Lipinski definition) is 6. The van der Waals surface area contributed by atoms with Crippen LogP contribution in [0.3, 0.4) is 0 Å². The summed E-state index contributed by atoms with van der Waals surface area (Å²) in [5, 5.41) is 6.67. The zero-order chi connectivity index (χ0) is 21.1. The fourth-order valence-corrected chi connectivity index (χ4v) is 3.54. The van der Waals surface area contributed by atoms with Gasteiger partial charge in [0.1, 0.15) is 11.2 Å². The van der Waals surface area contributed by atoms with Crippen LogP contribution in [0.25, 0.3) is 22.2 Å². The lowest BCUT2D eigenvalue weighted by atomic mass is 10.1. The summed E-state index contributed by atoms with van der Waals surface area (Å²) in [6, 6.07) is 10.0. The smallest absolute Gasteiger partial charge is 0.264 e. The number of amides is 1. The minimum atomic E-state index is -0.131. The van der Waals surface area contributed by atoms with E-state index in [0.717, 1.165) is 29.7 Å². The fourth-order valence-electron chi connectivity index (χ4n) is 3.54. The Morgan fingerprint density at radius 2 is 2.10 bits per heavy atom. The van der Waals surface area contributed by atoms with Gasteiger partial charge in [-0.1, -0.05) is 24.3 Å². The number of benzene rings is 1. The number of carbonyl (C=O) groups excluding carboxylic acids is 1. The highest BCUT2D eigenvalue weighted by atomic mass is 16.5. The van der Waals surface area contributed by atoms with Crippen LogP contribution in [0.4, 0.5) is 5.82 Å². The first-order valence-electron chi connectivity index (χ1n) is 10.1. The largest absolute Gasteiger partial charge is 0.379 e. The Morgan fingerprint density at radius 1 is 1.30 bits per heavy atom. The molecule has 4 rings (SSSR count). The van der Waals surface area contributed by atoms with Crippen molar-refractivity contribution in [3.8, 4) is 11.3 Å². The number of rotatable bonds is 6. The van der Waals surface area contributed by atoms with Gasteiger partial charge in [0.15, 0.2) is 0 Å². The molecule has 30 heavy (non-hydrogen) atoms. The first-order valence-corrected chi connectivity index (χ1v) is 10.1. The van der Waals surface area contributed by atoms with Gasteiger partial charge >= 0.3 is 0 Å². The average Bonchev–Trinajstić information content (AvgIpc) is 3.24. The van der Waals surface area contributed by atoms with Gasteiger partial charge in [0.25, 0.3) is 5.56 Å². The van der Waals surface area contributed by atoms with E-state index in [1.165, 1.54) is 17.8 Å². The maximum Gasteiger partial charge on any atom is 0.264 e. The molecule has 2 N–H and O–H groups in total. The predicted molar refractivity (Wildman–Crippen MR) is 115 cm³/mol. The van der Waals surface area contributed by atoms with Crippen LogP contribution in [-0.4, -0.2) is 46.2 Å². The molecule has 1 aromatic carbocycles. The molecule has 1 atom stereocenters. The zero-order valence-corrected chi connectivity index (χ0v) is 17.1. The standard InChI is InChI=1S/C22H25N5O3/c1-14(28)23-9-7-15-3-5-16(6-4-15)18-11-19-20(22(29)27(2)13-24-19)21(26-18)25-17-8-10-30-12-17/h3-6,11,13,17H,7-10,12H2,1-2H3,(H,23,28)(H,25,26)/t17-/m1/s1. The van der Waals surface area contributed by atoms with Crippen molar-refractivity contribution in [3.63, 3.8) is 0 Å². The molecule has 1 saturated heterocycles. The Morgan fingerprint density at radius 3 is 2.80 bits per heavy atom. The number of aromatic nitrogens is 3. The molecule has 0 bridgehead atoms. The Hall–Kier alpha value is -3.26. The summed E-state index contributed by atoms with van der Waals surface area (Å²) in [4.78, 5) is 33.0. The number of hydrogen-bond donors (Lipinski definition) is 2. The van der Waals surface area contributed by atoms with Crippen molar-refractivity contribution in [2.24, 2.45) is 7.05 Å². The van der Waals surface area contributed by atoms with Crippen molar-refractivity contribution < 1.29 is 9.53 Å². The number of ether oxygens (including phenoxy) is 1. The van der Waals surface area contributed by atoms with Crippen molar-refractivity contribution in [2.45, 2.75) is 25.8 Å². The number of nitrogens with one attached hydrogen (secondary N) is 2. The summed E-state index contributed by atoms with van der Waals surface area (Å²) in [7, 11) is 1.69. The number of pyridine rings is 1. The highest BCUT2D eigenvalue weighted by Crippen LogP contribution is 2.26. The summed E-state index contributed by atoms with van der Waals surface area (Å²) in [5.41, 5.74) is 3.29. The molecular weight excluding hydrogens is 382 g/mol. The van der Waals surface area contributed by atoms with Gasteiger partial charge < -0.3 is 19.9 Å². The number of anilines is 1. The van der Waals surface area contributed by atoms with E-state index in [9.17, 15) is 9.59 Å². The zero-order valence-electron chi connectivity index (χ0n) is 17.1. The molecule has 0 aliphatic carbocycles. The number of carbonyl (C=O) groups is 1. The molecule has 1 amide bonds. The molecule has 8 nitrogen and oxygen atoms in total. The third kappa shape index (κ3) is 4.33. The van der Waals surface area contributed by atoms with Crippen LogP contribution in [0.1, 0.15) is 18.9 Å². The lowest BCUT2D eigenvalue weighted by Crippen LogP contribution is -2.24. The molecule has 1 aliphatic heterocycles. The SMILES string of the molecule is CC(=O)NCCc1ccc(-c2cc3ncn(C)c(=O)c3c(N[C@@H]3CCOC3)n2)cc1. The minimum absolute atomic E-state index is 0.0293. The van der Waals surface area contributed by atoms with Gasteiger partial charge in [-0.3, -0.25) is 9.59 Å². The maximum absolute atomic E-state index is 12.7. The quantitative estimate of drug-likeness (QED) is 0.647. The van der Waals surface area contributed by atoms with Gasteiger partial charge in [-0.05, 0) is 24.5 Å². The Labute approximate surface area is 174 Å². The molecule has 1 aliphatic rings. The molecule has 0 spiro atoms. The molecule has 0 unspecified atom stereocenters. The fraction of sp³-hybridized carbons (Fsp3) is 0.364. The van der Waals surface area contributed by atoms with Gasteiger partial charge in [0, 0.05) is 32.7 Å². The van der Waals surface area contributed by atoms with E-state index in [4.69, 9.17) is 9.72 Å². The lowest BCUT2D eigenvalue weighted by Gasteiger charge is -2.15. The summed E-state index contributed by atoms with van der Waals surface area (Å²) in [6.45, 7) is 3.41.